The van der Waals surface area contributed by atoms with E-state index in [4.69, 9.17) is 5.73 Å². The Morgan fingerprint density at radius 3 is 2.40 bits per heavy atom. The van der Waals surface area contributed by atoms with E-state index in [0.29, 0.717) is 10.6 Å². The minimum atomic E-state index is -0.564. The maximum absolute atomic E-state index is 12.7. The fourth-order valence-corrected chi connectivity index (χ4v) is 4.45. The number of aromatic nitrogens is 2. The molecule has 2 aromatic heterocycles. The van der Waals surface area contributed by atoms with E-state index < -0.39 is 5.91 Å². The molecular formula is C23H20N4O2S. The molecule has 2 aromatic carbocycles. The number of carbonyl (C=O) groups excluding carboxylic acids is 2. The van der Waals surface area contributed by atoms with Gasteiger partial charge in [0.2, 0.25) is 5.91 Å². The maximum Gasteiger partial charge on any atom is 0.252 e. The second-order valence-electron chi connectivity index (χ2n) is 6.82. The van der Waals surface area contributed by atoms with Gasteiger partial charge in [0.1, 0.15) is 5.00 Å². The number of primary amides is 1. The van der Waals surface area contributed by atoms with E-state index in [9.17, 15) is 9.59 Å². The second-order valence-corrected chi connectivity index (χ2v) is 8.05. The van der Waals surface area contributed by atoms with Crippen LogP contribution in [0.15, 0.2) is 73.1 Å². The molecule has 4 rings (SSSR count). The Hall–Kier alpha value is -3.71. The molecule has 0 aliphatic rings. The van der Waals surface area contributed by atoms with Crippen LogP contribution >= 0.6 is 11.3 Å². The lowest BCUT2D eigenvalue weighted by Crippen LogP contribution is -2.18. The summed E-state index contributed by atoms with van der Waals surface area (Å²) in [5, 5.41) is 7.65. The third kappa shape index (κ3) is 4.01. The molecule has 2 heterocycles. The SMILES string of the molecule is Cc1sc(NC(=O)Cc2cnn(-c3ccccc3)c2)c(C(N)=O)c1-c1ccccc1. The number of hydrogen-bond acceptors (Lipinski definition) is 4. The van der Waals surface area contributed by atoms with Gasteiger partial charge in [-0.05, 0) is 30.2 Å². The van der Waals surface area contributed by atoms with Crippen molar-refractivity contribution >= 4 is 28.2 Å². The van der Waals surface area contributed by atoms with Crippen LogP contribution in [0.3, 0.4) is 0 Å². The minimum absolute atomic E-state index is 0.142. The van der Waals surface area contributed by atoms with Crippen molar-refractivity contribution in [3.63, 3.8) is 0 Å². The van der Waals surface area contributed by atoms with Crippen molar-refractivity contribution < 1.29 is 9.59 Å². The van der Waals surface area contributed by atoms with Gasteiger partial charge in [-0.25, -0.2) is 4.68 Å². The van der Waals surface area contributed by atoms with Crippen LogP contribution in [0.5, 0.6) is 0 Å². The number of nitrogens with two attached hydrogens (primary N) is 1. The standard InChI is InChI=1S/C23H20N4O2S/c1-15-20(17-8-4-2-5-9-17)21(22(24)29)23(30-15)26-19(28)12-16-13-25-27(14-16)18-10-6-3-7-11-18/h2-11,13-14H,12H2,1H3,(H2,24,29)(H,26,28). The summed E-state index contributed by atoms with van der Waals surface area (Å²) in [5.74, 6) is -0.795. The Bertz CT molecular complexity index is 1200. The molecule has 0 unspecified atom stereocenters. The van der Waals surface area contributed by atoms with Crippen LogP contribution in [0.1, 0.15) is 20.8 Å². The number of aryl methyl sites for hydroxylation is 1. The summed E-state index contributed by atoms with van der Waals surface area (Å²) in [6.07, 6.45) is 3.62. The topological polar surface area (TPSA) is 90.0 Å². The maximum atomic E-state index is 12.7. The average Bonchev–Trinajstić information content (AvgIpc) is 3.33. The largest absolute Gasteiger partial charge is 0.365 e. The van der Waals surface area contributed by atoms with E-state index >= 15 is 0 Å². The van der Waals surface area contributed by atoms with Crippen LogP contribution in [0.2, 0.25) is 0 Å². The summed E-state index contributed by atoms with van der Waals surface area (Å²) in [6, 6.07) is 19.2. The molecule has 150 valence electrons. The lowest BCUT2D eigenvalue weighted by atomic mass is 10.0. The molecule has 0 saturated carbocycles. The normalized spacial score (nSPS) is 10.7. The van der Waals surface area contributed by atoms with Crippen molar-refractivity contribution in [1.82, 2.24) is 9.78 Å². The molecule has 0 spiro atoms. The summed E-state index contributed by atoms with van der Waals surface area (Å²) in [7, 11) is 0. The smallest absolute Gasteiger partial charge is 0.252 e. The molecule has 0 aliphatic carbocycles. The highest BCUT2D eigenvalue weighted by Crippen LogP contribution is 2.39. The monoisotopic (exact) mass is 416 g/mol. The predicted octanol–water partition coefficient (Wildman–Crippen LogP) is 4.19. The van der Waals surface area contributed by atoms with Crippen LogP contribution < -0.4 is 11.1 Å². The van der Waals surface area contributed by atoms with Gasteiger partial charge in [-0.2, -0.15) is 5.10 Å². The number of amides is 2. The first-order valence-electron chi connectivity index (χ1n) is 9.40. The summed E-state index contributed by atoms with van der Waals surface area (Å²) in [5.41, 5.74) is 9.36. The Morgan fingerprint density at radius 1 is 1.07 bits per heavy atom. The summed E-state index contributed by atoms with van der Waals surface area (Å²) >= 11 is 1.35. The highest BCUT2D eigenvalue weighted by Gasteiger charge is 2.22. The van der Waals surface area contributed by atoms with E-state index in [0.717, 1.165) is 27.3 Å². The second kappa shape index (κ2) is 8.34. The molecule has 0 bridgehead atoms. The van der Waals surface area contributed by atoms with Gasteiger partial charge in [-0.1, -0.05) is 48.5 Å². The van der Waals surface area contributed by atoms with Gasteiger partial charge in [-0.15, -0.1) is 11.3 Å². The van der Waals surface area contributed by atoms with Crippen molar-refractivity contribution in [1.29, 1.82) is 0 Å². The highest BCUT2D eigenvalue weighted by atomic mass is 32.1. The zero-order valence-corrected chi connectivity index (χ0v) is 17.1. The van der Waals surface area contributed by atoms with Gasteiger partial charge in [0.05, 0.1) is 23.9 Å². The van der Waals surface area contributed by atoms with Crippen molar-refractivity contribution in [2.24, 2.45) is 5.73 Å². The van der Waals surface area contributed by atoms with Crippen molar-refractivity contribution in [2.45, 2.75) is 13.3 Å². The molecule has 0 saturated heterocycles. The zero-order chi connectivity index (χ0) is 21.1. The Morgan fingerprint density at radius 2 is 1.73 bits per heavy atom. The third-order valence-electron chi connectivity index (χ3n) is 4.67. The molecule has 30 heavy (non-hydrogen) atoms. The van der Waals surface area contributed by atoms with E-state index in [2.05, 4.69) is 10.4 Å². The van der Waals surface area contributed by atoms with E-state index in [1.54, 1.807) is 10.9 Å². The molecule has 0 atom stereocenters. The first-order chi connectivity index (χ1) is 14.5. The number of carbonyl (C=O) groups is 2. The number of rotatable bonds is 6. The first kappa shape index (κ1) is 19.6. The van der Waals surface area contributed by atoms with Crippen LogP contribution in [0.4, 0.5) is 5.00 Å². The van der Waals surface area contributed by atoms with Gasteiger partial charge >= 0.3 is 0 Å². The van der Waals surface area contributed by atoms with Gasteiger partial charge in [-0.3, -0.25) is 9.59 Å². The molecule has 7 heteroatoms. The average molecular weight is 417 g/mol. The molecule has 4 aromatic rings. The third-order valence-corrected chi connectivity index (χ3v) is 5.69. The Kier molecular flexibility index (Phi) is 5.45. The van der Waals surface area contributed by atoms with Crippen molar-refractivity contribution in [2.75, 3.05) is 5.32 Å². The summed E-state index contributed by atoms with van der Waals surface area (Å²) in [4.78, 5) is 25.8. The Balaban J connectivity index is 1.55. The molecule has 6 nitrogen and oxygen atoms in total. The summed E-state index contributed by atoms with van der Waals surface area (Å²) in [6.45, 7) is 1.92. The fraction of sp³-hybridized carbons (Fsp3) is 0.0870. The van der Waals surface area contributed by atoms with E-state index in [1.807, 2.05) is 73.8 Å². The number of nitrogens with one attached hydrogen (secondary N) is 1. The molecule has 3 N–H and O–H groups in total. The van der Waals surface area contributed by atoms with E-state index in [1.165, 1.54) is 11.3 Å². The zero-order valence-electron chi connectivity index (χ0n) is 16.3. The number of anilines is 1. The predicted molar refractivity (Wildman–Crippen MR) is 119 cm³/mol. The molecule has 0 fully saturated rings. The number of thiophene rings is 1. The summed E-state index contributed by atoms with van der Waals surface area (Å²) < 4.78 is 1.72. The fourth-order valence-electron chi connectivity index (χ4n) is 3.35. The van der Waals surface area contributed by atoms with Gasteiger partial charge in [0, 0.05) is 16.6 Å². The number of benzene rings is 2. The molecule has 0 radical (unpaired) electrons. The van der Waals surface area contributed by atoms with Crippen LogP contribution in [-0.4, -0.2) is 21.6 Å². The van der Waals surface area contributed by atoms with Crippen LogP contribution in [0, 0.1) is 6.92 Å². The van der Waals surface area contributed by atoms with Crippen molar-refractivity contribution in [3.05, 3.63) is 89.1 Å². The molecule has 0 aliphatic heterocycles. The van der Waals surface area contributed by atoms with Gasteiger partial charge < -0.3 is 11.1 Å². The quantitative estimate of drug-likeness (QED) is 0.494. The number of para-hydroxylation sites is 1. The van der Waals surface area contributed by atoms with Gasteiger partial charge in [0.25, 0.3) is 5.91 Å². The highest BCUT2D eigenvalue weighted by molar-refractivity contribution is 7.17. The van der Waals surface area contributed by atoms with Crippen LogP contribution in [0.25, 0.3) is 16.8 Å². The number of hydrogen-bond donors (Lipinski definition) is 2. The number of nitrogens with zero attached hydrogens (tertiary/aromatic N) is 2. The van der Waals surface area contributed by atoms with Gasteiger partial charge in [0.15, 0.2) is 0 Å². The first-order valence-corrected chi connectivity index (χ1v) is 10.2. The molecule has 2 amide bonds. The van der Waals surface area contributed by atoms with Crippen molar-refractivity contribution in [3.8, 4) is 16.8 Å². The minimum Gasteiger partial charge on any atom is -0.365 e. The van der Waals surface area contributed by atoms with E-state index in [-0.39, 0.29) is 12.3 Å². The lowest BCUT2D eigenvalue weighted by molar-refractivity contribution is -0.115. The Labute approximate surface area is 178 Å². The lowest BCUT2D eigenvalue weighted by Gasteiger charge is -2.06. The molecular weight excluding hydrogens is 396 g/mol. The van der Waals surface area contributed by atoms with Crippen LogP contribution in [-0.2, 0) is 11.2 Å².